The van der Waals surface area contributed by atoms with Crippen LogP contribution in [0, 0.1) is 0 Å². The van der Waals surface area contributed by atoms with E-state index >= 15 is 0 Å². The molecule has 0 spiro atoms. The van der Waals surface area contributed by atoms with Gasteiger partial charge in [-0.2, -0.15) is 8.42 Å². The first-order chi connectivity index (χ1) is 5.99. The van der Waals surface area contributed by atoms with Gasteiger partial charge in [0.15, 0.2) is 0 Å². The van der Waals surface area contributed by atoms with Gasteiger partial charge in [0.25, 0.3) is 10.1 Å². The van der Waals surface area contributed by atoms with E-state index in [1.165, 1.54) is 0 Å². The molecule has 0 heterocycles. The third kappa shape index (κ3) is 3.54. The fourth-order valence-electron chi connectivity index (χ4n) is 1.02. The molecule has 0 bridgehead atoms. The van der Waals surface area contributed by atoms with Crippen LogP contribution >= 0.6 is 0 Å². The molecule has 0 aliphatic heterocycles. The summed E-state index contributed by atoms with van der Waals surface area (Å²) in [4.78, 5) is 0. The molecule has 0 saturated carbocycles. The van der Waals surface area contributed by atoms with Crippen molar-refractivity contribution < 1.29 is 13.0 Å². The van der Waals surface area contributed by atoms with E-state index in [-0.39, 0.29) is 0 Å². The average molecular weight is 201 g/mol. The molecule has 13 heavy (non-hydrogen) atoms. The lowest BCUT2D eigenvalue weighted by molar-refractivity contribution is 0.478. The second-order valence-electron chi connectivity index (χ2n) is 2.77. The molecule has 0 aromatic heterocycles. The molecule has 1 aromatic carbocycles. The standard InChI is InChI=1S/C8H11NO3S/c9-8(6-13(10,11)12)7-4-2-1-3-5-7/h1-5,8H,6,9H2,(H,10,11,12)/t8-/m0/s1. The molecule has 1 rings (SSSR count). The van der Waals surface area contributed by atoms with Gasteiger partial charge >= 0.3 is 0 Å². The van der Waals surface area contributed by atoms with E-state index in [2.05, 4.69) is 0 Å². The van der Waals surface area contributed by atoms with Crippen molar-refractivity contribution in [2.75, 3.05) is 5.75 Å². The smallest absolute Gasteiger partial charge is 0.266 e. The molecular formula is C8H11NO3S. The third-order valence-corrected chi connectivity index (χ3v) is 2.40. The lowest BCUT2D eigenvalue weighted by atomic mass is 10.1. The Morgan fingerprint density at radius 2 is 1.85 bits per heavy atom. The zero-order valence-electron chi connectivity index (χ0n) is 6.92. The molecule has 0 amide bonds. The van der Waals surface area contributed by atoms with Crippen LogP contribution in [-0.2, 0) is 10.1 Å². The van der Waals surface area contributed by atoms with Crippen molar-refractivity contribution in [2.45, 2.75) is 6.04 Å². The molecule has 0 unspecified atom stereocenters. The Hall–Kier alpha value is -0.910. The van der Waals surface area contributed by atoms with E-state index in [9.17, 15) is 8.42 Å². The molecule has 0 saturated heterocycles. The van der Waals surface area contributed by atoms with Crippen LogP contribution in [0.2, 0.25) is 0 Å². The van der Waals surface area contributed by atoms with E-state index in [1.807, 2.05) is 6.07 Å². The van der Waals surface area contributed by atoms with Gasteiger partial charge in [-0.15, -0.1) is 0 Å². The van der Waals surface area contributed by atoms with Crippen molar-refractivity contribution >= 4 is 10.1 Å². The molecule has 1 atom stereocenters. The molecule has 4 nitrogen and oxygen atoms in total. The van der Waals surface area contributed by atoms with E-state index in [4.69, 9.17) is 10.3 Å². The molecule has 3 N–H and O–H groups in total. The van der Waals surface area contributed by atoms with Crippen molar-refractivity contribution in [3.8, 4) is 0 Å². The van der Waals surface area contributed by atoms with E-state index < -0.39 is 21.9 Å². The lowest BCUT2D eigenvalue weighted by Crippen LogP contribution is -2.20. The van der Waals surface area contributed by atoms with E-state index in [0.717, 1.165) is 0 Å². The minimum atomic E-state index is -4.00. The Labute approximate surface area is 77.1 Å². The summed E-state index contributed by atoms with van der Waals surface area (Å²) >= 11 is 0. The highest BCUT2D eigenvalue weighted by Crippen LogP contribution is 2.10. The van der Waals surface area contributed by atoms with Gasteiger partial charge in [-0.25, -0.2) is 0 Å². The van der Waals surface area contributed by atoms with Crippen molar-refractivity contribution in [3.63, 3.8) is 0 Å². The highest BCUT2D eigenvalue weighted by molar-refractivity contribution is 7.85. The first kappa shape index (κ1) is 10.2. The highest BCUT2D eigenvalue weighted by atomic mass is 32.2. The largest absolute Gasteiger partial charge is 0.323 e. The molecule has 5 heteroatoms. The summed E-state index contributed by atoms with van der Waals surface area (Å²) in [5, 5.41) is 0. The van der Waals surface area contributed by atoms with Gasteiger partial charge in [0.2, 0.25) is 0 Å². The molecular weight excluding hydrogens is 190 g/mol. The second-order valence-corrected chi connectivity index (χ2v) is 4.26. The molecule has 72 valence electrons. The SMILES string of the molecule is N[C@@H](CS(=O)(=O)O)c1ccccc1. The monoisotopic (exact) mass is 201 g/mol. The number of benzene rings is 1. The minimum absolute atomic E-state index is 0.447. The van der Waals surface area contributed by atoms with Crippen LogP contribution in [0.15, 0.2) is 30.3 Å². The Morgan fingerprint density at radius 1 is 1.31 bits per heavy atom. The van der Waals surface area contributed by atoms with Gasteiger partial charge in [0.05, 0.1) is 5.75 Å². The van der Waals surface area contributed by atoms with E-state index in [0.29, 0.717) is 5.56 Å². The summed E-state index contributed by atoms with van der Waals surface area (Å²) in [5.74, 6) is -0.447. The van der Waals surface area contributed by atoms with Crippen LogP contribution < -0.4 is 5.73 Å². The average Bonchev–Trinajstić information content (AvgIpc) is 2.03. The summed E-state index contributed by atoms with van der Waals surface area (Å²) in [7, 11) is -4.00. The fraction of sp³-hybridized carbons (Fsp3) is 0.250. The van der Waals surface area contributed by atoms with Gasteiger partial charge in [0, 0.05) is 6.04 Å². The summed E-state index contributed by atoms with van der Waals surface area (Å²) in [6, 6.07) is 8.10. The van der Waals surface area contributed by atoms with Crippen LogP contribution in [0.1, 0.15) is 11.6 Å². The number of hydrogen-bond donors (Lipinski definition) is 2. The molecule has 0 fully saturated rings. The maximum Gasteiger partial charge on any atom is 0.266 e. The summed E-state index contributed by atoms with van der Waals surface area (Å²) in [6.07, 6.45) is 0. The highest BCUT2D eigenvalue weighted by Gasteiger charge is 2.13. The second kappa shape index (κ2) is 3.87. The Balaban J connectivity index is 2.76. The Bertz CT molecular complexity index is 360. The predicted octanol–water partition coefficient (Wildman–Crippen LogP) is 0.574. The van der Waals surface area contributed by atoms with Gasteiger partial charge in [-0.3, -0.25) is 4.55 Å². The van der Waals surface area contributed by atoms with Gasteiger partial charge in [0.1, 0.15) is 0 Å². The fourth-order valence-corrected chi connectivity index (χ4v) is 1.67. The van der Waals surface area contributed by atoms with Crippen LogP contribution in [0.25, 0.3) is 0 Å². The predicted molar refractivity (Wildman–Crippen MR) is 49.8 cm³/mol. The van der Waals surface area contributed by atoms with Crippen molar-refractivity contribution in [1.82, 2.24) is 0 Å². The Kier molecular flexibility index (Phi) is 3.02. The van der Waals surface area contributed by atoms with Gasteiger partial charge in [-0.05, 0) is 5.56 Å². The van der Waals surface area contributed by atoms with Crippen LogP contribution in [0.5, 0.6) is 0 Å². The zero-order chi connectivity index (χ0) is 9.90. The Morgan fingerprint density at radius 3 is 2.31 bits per heavy atom. The normalized spacial score (nSPS) is 14.0. The van der Waals surface area contributed by atoms with Crippen molar-refractivity contribution in [1.29, 1.82) is 0 Å². The quantitative estimate of drug-likeness (QED) is 0.701. The topological polar surface area (TPSA) is 80.4 Å². The molecule has 1 aromatic rings. The van der Waals surface area contributed by atoms with Crippen molar-refractivity contribution in [2.24, 2.45) is 5.73 Å². The van der Waals surface area contributed by atoms with Crippen LogP contribution in [0.3, 0.4) is 0 Å². The van der Waals surface area contributed by atoms with Crippen LogP contribution in [-0.4, -0.2) is 18.7 Å². The summed E-state index contributed by atoms with van der Waals surface area (Å²) in [5.41, 5.74) is 6.24. The summed E-state index contributed by atoms with van der Waals surface area (Å²) < 4.78 is 29.5. The number of rotatable bonds is 3. The molecule has 0 aliphatic rings. The van der Waals surface area contributed by atoms with Crippen LogP contribution in [0.4, 0.5) is 0 Å². The third-order valence-electron chi connectivity index (χ3n) is 1.62. The first-order valence-electron chi connectivity index (χ1n) is 3.75. The lowest BCUT2D eigenvalue weighted by Gasteiger charge is -2.08. The van der Waals surface area contributed by atoms with Crippen molar-refractivity contribution in [3.05, 3.63) is 35.9 Å². The maximum absolute atomic E-state index is 10.5. The van der Waals surface area contributed by atoms with E-state index in [1.54, 1.807) is 24.3 Å². The minimum Gasteiger partial charge on any atom is -0.323 e. The molecule has 0 aliphatic carbocycles. The number of nitrogens with two attached hydrogens (primary N) is 1. The van der Waals surface area contributed by atoms with Gasteiger partial charge in [-0.1, -0.05) is 30.3 Å². The summed E-state index contributed by atoms with van der Waals surface area (Å²) in [6.45, 7) is 0. The van der Waals surface area contributed by atoms with Gasteiger partial charge < -0.3 is 5.73 Å². The maximum atomic E-state index is 10.5. The number of hydrogen-bond acceptors (Lipinski definition) is 3. The first-order valence-corrected chi connectivity index (χ1v) is 5.35. The zero-order valence-corrected chi connectivity index (χ0v) is 7.74. The molecule has 0 radical (unpaired) electrons.